The zero-order valence-corrected chi connectivity index (χ0v) is 11.9. The first-order valence-electron chi connectivity index (χ1n) is 6.84. The van der Waals surface area contributed by atoms with Crippen LogP contribution in [0.2, 0.25) is 0 Å². The molecule has 0 bridgehead atoms. The molecule has 19 heavy (non-hydrogen) atoms. The van der Waals surface area contributed by atoms with Crippen LogP contribution in [0.3, 0.4) is 0 Å². The summed E-state index contributed by atoms with van der Waals surface area (Å²) in [4.78, 5) is 0. The van der Waals surface area contributed by atoms with Crippen LogP contribution in [0.4, 0.5) is 0 Å². The van der Waals surface area contributed by atoms with E-state index in [4.69, 9.17) is 0 Å². The van der Waals surface area contributed by atoms with E-state index in [-0.39, 0.29) is 5.75 Å². The molecule has 1 saturated carbocycles. The number of aromatic nitrogens is 2. The molecule has 0 spiro atoms. The lowest BCUT2D eigenvalue weighted by molar-refractivity contribution is 0.550. The van der Waals surface area contributed by atoms with Gasteiger partial charge in [-0.1, -0.05) is 0 Å². The smallest absolute Gasteiger partial charge is 0.211 e. The van der Waals surface area contributed by atoms with Crippen molar-refractivity contribution in [2.45, 2.75) is 38.3 Å². The van der Waals surface area contributed by atoms with Crippen LogP contribution in [-0.2, 0) is 16.6 Å². The van der Waals surface area contributed by atoms with Crippen LogP contribution in [0.25, 0.3) is 0 Å². The van der Waals surface area contributed by atoms with E-state index in [1.165, 1.54) is 12.8 Å². The number of sulfonamides is 1. The maximum absolute atomic E-state index is 11.7. The van der Waals surface area contributed by atoms with Gasteiger partial charge in [0.05, 0.1) is 5.75 Å². The van der Waals surface area contributed by atoms with Gasteiger partial charge in [0.1, 0.15) is 0 Å². The van der Waals surface area contributed by atoms with Gasteiger partial charge >= 0.3 is 0 Å². The molecule has 0 amide bonds. The third-order valence-corrected chi connectivity index (χ3v) is 4.52. The van der Waals surface area contributed by atoms with Crippen LogP contribution in [0.5, 0.6) is 0 Å². The summed E-state index contributed by atoms with van der Waals surface area (Å²) < 4.78 is 27.8. The van der Waals surface area contributed by atoms with Crippen molar-refractivity contribution in [3.63, 3.8) is 0 Å². The van der Waals surface area contributed by atoms with Gasteiger partial charge in [-0.05, 0) is 38.3 Å². The number of hydrogen-bond acceptors (Lipinski definition) is 4. The highest BCUT2D eigenvalue weighted by Crippen LogP contribution is 2.18. The van der Waals surface area contributed by atoms with Crippen molar-refractivity contribution in [1.29, 1.82) is 0 Å². The van der Waals surface area contributed by atoms with Gasteiger partial charge in [0.15, 0.2) is 0 Å². The summed E-state index contributed by atoms with van der Waals surface area (Å²) in [5.74, 6) is 0.203. The molecule has 1 heterocycles. The molecular formula is C12H22N4O2S. The fourth-order valence-corrected chi connectivity index (χ4v) is 2.95. The minimum Gasteiger partial charge on any atom is -0.314 e. The van der Waals surface area contributed by atoms with Crippen molar-refractivity contribution >= 4 is 10.0 Å². The van der Waals surface area contributed by atoms with Crippen LogP contribution >= 0.6 is 0 Å². The average Bonchev–Trinajstić information content (AvgIpc) is 3.05. The number of nitrogens with zero attached hydrogens (tertiary/aromatic N) is 2. The standard InChI is InChI=1S/C12H22N4O2S/c17-19(18,11-3-6-13-12-4-5-12)15-8-2-10-16-9-1-7-14-16/h1,7,9,12-13,15H,2-6,8,10-11H2. The van der Waals surface area contributed by atoms with Gasteiger partial charge in [0, 0.05) is 31.5 Å². The zero-order chi connectivity index (χ0) is 13.6. The van der Waals surface area contributed by atoms with Crippen LogP contribution in [0, 0.1) is 0 Å². The van der Waals surface area contributed by atoms with E-state index >= 15 is 0 Å². The summed E-state index contributed by atoms with van der Waals surface area (Å²) in [6.07, 6.45) is 7.48. The molecule has 6 nitrogen and oxygen atoms in total. The van der Waals surface area contributed by atoms with E-state index in [2.05, 4.69) is 15.1 Å². The quantitative estimate of drug-likeness (QED) is 0.608. The average molecular weight is 286 g/mol. The normalized spacial score (nSPS) is 15.8. The number of aryl methyl sites for hydroxylation is 1. The summed E-state index contributed by atoms with van der Waals surface area (Å²) >= 11 is 0. The van der Waals surface area contributed by atoms with Gasteiger partial charge in [0.2, 0.25) is 10.0 Å². The van der Waals surface area contributed by atoms with E-state index in [9.17, 15) is 8.42 Å². The van der Waals surface area contributed by atoms with Crippen molar-refractivity contribution in [2.75, 3.05) is 18.8 Å². The molecule has 1 aromatic heterocycles. The first-order valence-corrected chi connectivity index (χ1v) is 8.49. The van der Waals surface area contributed by atoms with Crippen molar-refractivity contribution in [2.24, 2.45) is 0 Å². The molecule has 2 rings (SSSR count). The first-order chi connectivity index (χ1) is 9.16. The molecule has 108 valence electrons. The largest absolute Gasteiger partial charge is 0.314 e. The summed E-state index contributed by atoms with van der Waals surface area (Å²) in [7, 11) is -3.12. The van der Waals surface area contributed by atoms with Gasteiger partial charge < -0.3 is 5.32 Å². The van der Waals surface area contributed by atoms with E-state index in [0.717, 1.165) is 19.5 Å². The van der Waals surface area contributed by atoms with Crippen molar-refractivity contribution in [1.82, 2.24) is 19.8 Å². The molecule has 1 aliphatic rings. The summed E-state index contributed by atoms with van der Waals surface area (Å²) in [5, 5.41) is 7.38. The Balaban J connectivity index is 1.52. The van der Waals surface area contributed by atoms with Gasteiger partial charge in [-0.15, -0.1) is 0 Å². The van der Waals surface area contributed by atoms with Crippen molar-refractivity contribution < 1.29 is 8.42 Å². The minimum atomic E-state index is -3.12. The number of hydrogen-bond donors (Lipinski definition) is 2. The van der Waals surface area contributed by atoms with E-state index in [1.807, 2.05) is 12.3 Å². The molecule has 0 aromatic carbocycles. The maximum atomic E-state index is 11.7. The molecule has 0 aliphatic heterocycles. The molecule has 0 unspecified atom stereocenters. The summed E-state index contributed by atoms with van der Waals surface area (Å²) in [6.45, 7) is 2.00. The van der Waals surface area contributed by atoms with Crippen LogP contribution in [0.15, 0.2) is 18.5 Å². The molecule has 0 saturated heterocycles. The van der Waals surface area contributed by atoms with Crippen LogP contribution in [-0.4, -0.2) is 43.1 Å². The SMILES string of the molecule is O=S(=O)(CCCNC1CC1)NCCCn1cccn1. The predicted molar refractivity (Wildman–Crippen MR) is 74.3 cm³/mol. The number of nitrogens with one attached hydrogen (secondary N) is 2. The van der Waals surface area contributed by atoms with Crippen LogP contribution < -0.4 is 10.0 Å². The lowest BCUT2D eigenvalue weighted by Gasteiger charge is -2.07. The molecule has 0 atom stereocenters. The topological polar surface area (TPSA) is 76.0 Å². The Bertz CT molecular complexity index is 454. The highest BCUT2D eigenvalue weighted by Gasteiger charge is 2.20. The van der Waals surface area contributed by atoms with Gasteiger partial charge in [-0.25, -0.2) is 13.1 Å². The van der Waals surface area contributed by atoms with E-state index < -0.39 is 10.0 Å². The lowest BCUT2D eigenvalue weighted by Crippen LogP contribution is -2.30. The van der Waals surface area contributed by atoms with E-state index in [1.54, 1.807) is 10.9 Å². The molecular weight excluding hydrogens is 264 g/mol. The lowest BCUT2D eigenvalue weighted by atomic mass is 10.4. The Kier molecular flexibility index (Phi) is 5.35. The molecule has 7 heteroatoms. The van der Waals surface area contributed by atoms with Crippen molar-refractivity contribution in [3.8, 4) is 0 Å². The molecule has 1 aromatic rings. The Labute approximate surface area is 114 Å². The predicted octanol–water partition coefficient (Wildman–Crippen LogP) is 0.335. The second-order valence-corrected chi connectivity index (χ2v) is 6.84. The summed E-state index contributed by atoms with van der Waals surface area (Å²) in [5.41, 5.74) is 0. The summed E-state index contributed by atoms with van der Waals surface area (Å²) in [6, 6.07) is 2.50. The fourth-order valence-electron chi connectivity index (χ4n) is 1.83. The molecule has 0 radical (unpaired) electrons. The van der Waals surface area contributed by atoms with Crippen molar-refractivity contribution in [3.05, 3.63) is 18.5 Å². The third kappa shape index (κ3) is 6.17. The van der Waals surface area contributed by atoms with Gasteiger partial charge in [-0.2, -0.15) is 5.10 Å². The second-order valence-electron chi connectivity index (χ2n) is 4.92. The van der Waals surface area contributed by atoms with Gasteiger partial charge in [-0.3, -0.25) is 4.68 Å². The number of rotatable bonds is 10. The highest BCUT2D eigenvalue weighted by atomic mass is 32.2. The third-order valence-electron chi connectivity index (χ3n) is 3.05. The van der Waals surface area contributed by atoms with Crippen LogP contribution in [0.1, 0.15) is 25.7 Å². The molecule has 2 N–H and O–H groups in total. The zero-order valence-electron chi connectivity index (χ0n) is 11.1. The Morgan fingerprint density at radius 3 is 2.79 bits per heavy atom. The second kappa shape index (κ2) is 7.02. The Hall–Kier alpha value is -0.920. The first kappa shape index (κ1) is 14.5. The highest BCUT2D eigenvalue weighted by molar-refractivity contribution is 7.89. The van der Waals surface area contributed by atoms with Gasteiger partial charge in [0.25, 0.3) is 0 Å². The fraction of sp³-hybridized carbons (Fsp3) is 0.750. The minimum absolute atomic E-state index is 0.203. The molecule has 1 fully saturated rings. The maximum Gasteiger partial charge on any atom is 0.211 e. The molecule has 1 aliphatic carbocycles. The Morgan fingerprint density at radius 1 is 1.26 bits per heavy atom. The van der Waals surface area contributed by atoms with E-state index in [0.29, 0.717) is 19.0 Å². The Morgan fingerprint density at radius 2 is 2.11 bits per heavy atom. The monoisotopic (exact) mass is 286 g/mol.